The number of hydrogen-bond donors (Lipinski definition) is 0. The first-order valence-corrected chi connectivity index (χ1v) is 9.01. The van der Waals surface area contributed by atoms with Gasteiger partial charge in [-0.1, -0.05) is 55.7 Å². The Morgan fingerprint density at radius 3 is 2.36 bits per heavy atom. The topological polar surface area (TPSA) is 30.7 Å². The van der Waals surface area contributed by atoms with Gasteiger partial charge in [0, 0.05) is 5.56 Å². The number of hydrogen-bond acceptors (Lipinski definition) is 2. The van der Waals surface area contributed by atoms with Crippen molar-refractivity contribution in [3.8, 4) is 17.1 Å². The summed E-state index contributed by atoms with van der Waals surface area (Å²) in [6, 6.07) is 15.3. The SMILES string of the molecule is Cc1nnc(-c2ccc(C3CCCCC3)cc2)n1-c1ccccc1F. The van der Waals surface area contributed by atoms with E-state index in [1.165, 1.54) is 43.7 Å². The molecule has 0 radical (unpaired) electrons. The lowest BCUT2D eigenvalue weighted by Gasteiger charge is -2.22. The Morgan fingerprint density at radius 2 is 1.64 bits per heavy atom. The Bertz CT molecular complexity index is 861. The Labute approximate surface area is 147 Å². The first-order chi connectivity index (χ1) is 12.2. The second-order valence-electron chi connectivity index (χ2n) is 6.81. The highest BCUT2D eigenvalue weighted by atomic mass is 19.1. The fraction of sp³-hybridized carbons (Fsp3) is 0.333. The van der Waals surface area contributed by atoms with E-state index in [0.717, 1.165) is 5.56 Å². The van der Waals surface area contributed by atoms with Gasteiger partial charge in [-0.3, -0.25) is 4.57 Å². The normalized spacial score (nSPS) is 15.4. The van der Waals surface area contributed by atoms with E-state index in [2.05, 4.69) is 34.5 Å². The molecule has 1 aromatic heterocycles. The van der Waals surface area contributed by atoms with Gasteiger partial charge in [0.2, 0.25) is 0 Å². The van der Waals surface area contributed by atoms with Crippen LogP contribution in [0.5, 0.6) is 0 Å². The van der Waals surface area contributed by atoms with Crippen LogP contribution in [0.25, 0.3) is 17.1 Å². The van der Waals surface area contributed by atoms with Crippen LogP contribution in [0.1, 0.15) is 49.4 Å². The second kappa shape index (κ2) is 6.79. The molecule has 1 aliphatic carbocycles. The lowest BCUT2D eigenvalue weighted by molar-refractivity contribution is 0.443. The molecule has 0 aliphatic heterocycles. The van der Waals surface area contributed by atoms with E-state index in [1.54, 1.807) is 16.7 Å². The highest BCUT2D eigenvalue weighted by Gasteiger charge is 2.18. The lowest BCUT2D eigenvalue weighted by Crippen LogP contribution is -2.05. The molecule has 0 saturated heterocycles. The molecule has 4 rings (SSSR count). The van der Waals surface area contributed by atoms with E-state index in [0.29, 0.717) is 23.3 Å². The minimum Gasteiger partial charge on any atom is -0.276 e. The number of halogens is 1. The molecule has 0 N–H and O–H groups in total. The third-order valence-corrected chi connectivity index (χ3v) is 5.16. The van der Waals surface area contributed by atoms with Crippen molar-refractivity contribution in [1.82, 2.24) is 14.8 Å². The monoisotopic (exact) mass is 335 g/mol. The molecule has 3 nitrogen and oxygen atoms in total. The third kappa shape index (κ3) is 3.09. The van der Waals surface area contributed by atoms with Crippen molar-refractivity contribution >= 4 is 0 Å². The van der Waals surface area contributed by atoms with E-state index in [1.807, 2.05) is 13.0 Å². The fourth-order valence-corrected chi connectivity index (χ4v) is 3.81. The maximum Gasteiger partial charge on any atom is 0.168 e. The van der Waals surface area contributed by atoms with Crippen LogP contribution in [0.2, 0.25) is 0 Å². The Kier molecular flexibility index (Phi) is 4.35. The predicted molar refractivity (Wildman–Crippen MR) is 97.3 cm³/mol. The number of aromatic nitrogens is 3. The van der Waals surface area contributed by atoms with Gasteiger partial charge in [-0.05, 0) is 43.4 Å². The van der Waals surface area contributed by atoms with Gasteiger partial charge in [-0.2, -0.15) is 0 Å². The molecular weight excluding hydrogens is 313 g/mol. The summed E-state index contributed by atoms with van der Waals surface area (Å²) in [5.41, 5.74) is 2.84. The summed E-state index contributed by atoms with van der Waals surface area (Å²) in [6.45, 7) is 1.85. The van der Waals surface area contributed by atoms with Gasteiger partial charge in [0.25, 0.3) is 0 Å². The van der Waals surface area contributed by atoms with Crippen molar-refractivity contribution in [1.29, 1.82) is 0 Å². The molecule has 1 fully saturated rings. The molecule has 0 amide bonds. The highest BCUT2D eigenvalue weighted by molar-refractivity contribution is 5.59. The number of benzene rings is 2. The van der Waals surface area contributed by atoms with Gasteiger partial charge in [0.1, 0.15) is 11.6 Å². The molecule has 4 heteroatoms. The zero-order valence-corrected chi connectivity index (χ0v) is 14.5. The summed E-state index contributed by atoms with van der Waals surface area (Å²) in [6.07, 6.45) is 6.58. The molecule has 2 aromatic carbocycles. The first kappa shape index (κ1) is 16.0. The number of para-hydroxylation sites is 1. The number of nitrogens with zero attached hydrogens (tertiary/aromatic N) is 3. The van der Waals surface area contributed by atoms with Crippen LogP contribution in [-0.4, -0.2) is 14.8 Å². The van der Waals surface area contributed by atoms with Crippen LogP contribution < -0.4 is 0 Å². The average molecular weight is 335 g/mol. The Hall–Kier alpha value is -2.49. The molecule has 1 saturated carbocycles. The van der Waals surface area contributed by atoms with Gasteiger partial charge < -0.3 is 0 Å². The molecule has 1 heterocycles. The summed E-state index contributed by atoms with van der Waals surface area (Å²) >= 11 is 0. The largest absolute Gasteiger partial charge is 0.276 e. The number of rotatable bonds is 3. The highest BCUT2D eigenvalue weighted by Crippen LogP contribution is 2.33. The third-order valence-electron chi connectivity index (χ3n) is 5.16. The average Bonchev–Trinajstić information content (AvgIpc) is 3.04. The molecule has 128 valence electrons. The second-order valence-corrected chi connectivity index (χ2v) is 6.81. The molecule has 0 atom stereocenters. The summed E-state index contributed by atoms with van der Waals surface area (Å²) < 4.78 is 16.0. The Balaban J connectivity index is 1.70. The van der Waals surface area contributed by atoms with Crippen LogP contribution in [0.3, 0.4) is 0 Å². The molecule has 3 aromatic rings. The zero-order chi connectivity index (χ0) is 17.2. The minimum absolute atomic E-state index is 0.273. The van der Waals surface area contributed by atoms with Crippen LogP contribution in [0, 0.1) is 12.7 Å². The van der Waals surface area contributed by atoms with Gasteiger partial charge in [-0.25, -0.2) is 4.39 Å². The van der Waals surface area contributed by atoms with Crippen LogP contribution in [0.4, 0.5) is 4.39 Å². The summed E-state index contributed by atoms with van der Waals surface area (Å²) in [5.74, 6) is 1.76. The van der Waals surface area contributed by atoms with Gasteiger partial charge >= 0.3 is 0 Å². The van der Waals surface area contributed by atoms with Crippen molar-refractivity contribution < 1.29 is 4.39 Å². The maximum absolute atomic E-state index is 14.3. The van der Waals surface area contributed by atoms with Crippen LogP contribution in [-0.2, 0) is 0 Å². The van der Waals surface area contributed by atoms with Crippen molar-refractivity contribution in [3.63, 3.8) is 0 Å². The van der Waals surface area contributed by atoms with Gasteiger partial charge in [-0.15, -0.1) is 10.2 Å². The van der Waals surface area contributed by atoms with Crippen molar-refractivity contribution in [2.45, 2.75) is 44.9 Å². The summed E-state index contributed by atoms with van der Waals surface area (Å²) in [4.78, 5) is 0. The molecule has 0 unspecified atom stereocenters. The van der Waals surface area contributed by atoms with Gasteiger partial charge in [0.05, 0.1) is 5.69 Å². The van der Waals surface area contributed by atoms with Crippen LogP contribution >= 0.6 is 0 Å². The standard InChI is InChI=1S/C21H22FN3/c1-15-23-24-21(25(15)20-10-6-5-9-19(20)22)18-13-11-17(12-14-18)16-7-3-2-4-8-16/h5-6,9-14,16H,2-4,7-8H2,1H3. The summed E-state index contributed by atoms with van der Waals surface area (Å²) in [7, 11) is 0. The molecule has 0 bridgehead atoms. The Morgan fingerprint density at radius 1 is 0.920 bits per heavy atom. The fourth-order valence-electron chi connectivity index (χ4n) is 3.81. The lowest BCUT2D eigenvalue weighted by atomic mass is 9.84. The predicted octanol–water partition coefficient (Wildman–Crippen LogP) is 5.43. The van der Waals surface area contributed by atoms with E-state index in [9.17, 15) is 4.39 Å². The van der Waals surface area contributed by atoms with E-state index < -0.39 is 0 Å². The smallest absolute Gasteiger partial charge is 0.168 e. The first-order valence-electron chi connectivity index (χ1n) is 9.01. The molecule has 25 heavy (non-hydrogen) atoms. The number of aryl methyl sites for hydroxylation is 1. The van der Waals surface area contributed by atoms with E-state index in [4.69, 9.17) is 0 Å². The molecular formula is C21H22FN3. The van der Waals surface area contributed by atoms with E-state index in [-0.39, 0.29) is 5.82 Å². The van der Waals surface area contributed by atoms with Crippen LogP contribution in [0.15, 0.2) is 48.5 Å². The quantitative estimate of drug-likeness (QED) is 0.639. The minimum atomic E-state index is -0.273. The zero-order valence-electron chi connectivity index (χ0n) is 14.5. The summed E-state index contributed by atoms with van der Waals surface area (Å²) in [5, 5.41) is 8.46. The maximum atomic E-state index is 14.3. The molecule has 1 aliphatic rings. The van der Waals surface area contributed by atoms with Crippen molar-refractivity contribution in [2.75, 3.05) is 0 Å². The van der Waals surface area contributed by atoms with E-state index >= 15 is 0 Å². The van der Waals surface area contributed by atoms with Crippen molar-refractivity contribution in [2.24, 2.45) is 0 Å². The molecule has 0 spiro atoms. The van der Waals surface area contributed by atoms with Gasteiger partial charge in [0.15, 0.2) is 5.82 Å². The van der Waals surface area contributed by atoms with Crippen molar-refractivity contribution in [3.05, 3.63) is 65.7 Å².